The Balaban J connectivity index is 1.97. The molecule has 0 unspecified atom stereocenters. The molecule has 1 aromatic heterocycles. The van der Waals surface area contributed by atoms with Crippen LogP contribution in [0.5, 0.6) is 0 Å². The molecule has 0 atom stereocenters. The maximum atomic E-state index is 5.92. The van der Waals surface area contributed by atoms with Crippen molar-refractivity contribution in [2.45, 2.75) is 32.1 Å². The Morgan fingerprint density at radius 2 is 1.95 bits per heavy atom. The maximum absolute atomic E-state index is 5.92. The summed E-state index contributed by atoms with van der Waals surface area (Å²) >= 11 is 1.71. The highest BCUT2D eigenvalue weighted by atomic mass is 32.2. The lowest BCUT2D eigenvalue weighted by Crippen LogP contribution is -2.34. The molecule has 2 rings (SSSR count). The normalized spacial score (nSPS) is 11.8. The molecule has 2 aromatic rings. The summed E-state index contributed by atoms with van der Waals surface area (Å²) in [5, 5.41) is 3.99. The van der Waals surface area contributed by atoms with Gasteiger partial charge in [-0.3, -0.25) is 0 Å². The third kappa shape index (κ3) is 4.36. The first-order valence-electron chi connectivity index (χ1n) is 6.20. The van der Waals surface area contributed by atoms with Crippen LogP contribution in [-0.4, -0.2) is 21.4 Å². The second kappa shape index (κ2) is 5.75. The zero-order valence-corrected chi connectivity index (χ0v) is 12.3. The quantitative estimate of drug-likeness (QED) is 0.910. The highest BCUT2D eigenvalue weighted by Crippen LogP contribution is 2.20. The lowest BCUT2D eigenvalue weighted by atomic mass is 10.1. The van der Waals surface area contributed by atoms with E-state index in [1.54, 1.807) is 11.8 Å². The summed E-state index contributed by atoms with van der Waals surface area (Å²) in [6, 6.07) is 8.04. The Bertz CT molecular complexity index is 528. The Kier molecular flexibility index (Phi) is 4.27. The average Bonchev–Trinajstić information content (AvgIpc) is 2.77. The first-order chi connectivity index (χ1) is 8.94. The lowest BCUT2D eigenvalue weighted by molar-refractivity contribution is 0.425. The predicted molar refractivity (Wildman–Crippen MR) is 78.9 cm³/mol. The van der Waals surface area contributed by atoms with Crippen molar-refractivity contribution in [3.63, 3.8) is 0 Å². The fourth-order valence-corrected chi connectivity index (χ4v) is 2.46. The summed E-state index contributed by atoms with van der Waals surface area (Å²) in [7, 11) is 0. The van der Waals surface area contributed by atoms with Crippen LogP contribution in [0.3, 0.4) is 0 Å². The van der Waals surface area contributed by atoms with E-state index in [1.807, 2.05) is 45.0 Å². The molecule has 5 heteroatoms. The van der Waals surface area contributed by atoms with Crippen molar-refractivity contribution in [3.05, 3.63) is 35.7 Å². The molecule has 0 bridgehead atoms. The molecule has 4 nitrogen and oxygen atoms in total. The number of rotatable bonds is 5. The van der Waals surface area contributed by atoms with Gasteiger partial charge in [0, 0.05) is 16.9 Å². The minimum atomic E-state index is -0.172. The molecule has 1 heterocycles. The van der Waals surface area contributed by atoms with E-state index in [0.717, 1.165) is 17.1 Å². The number of thioether (sulfide) groups is 1. The largest absolute Gasteiger partial charge is 0.334 e. The standard InChI is InChI=1S/C14H19N3OS/c1-10-4-6-11(7-5-10)13-16-12(17-18-13)8-19-9-14(2,3)15/h4-7H,8-9,15H2,1-3H3. The van der Waals surface area contributed by atoms with Gasteiger partial charge < -0.3 is 10.3 Å². The molecule has 0 amide bonds. The molecule has 0 saturated heterocycles. The number of nitrogens with zero attached hydrogens (tertiary/aromatic N) is 2. The molecule has 0 saturated carbocycles. The average molecular weight is 277 g/mol. The first kappa shape index (κ1) is 14.1. The van der Waals surface area contributed by atoms with Gasteiger partial charge in [0.15, 0.2) is 5.82 Å². The molecule has 19 heavy (non-hydrogen) atoms. The van der Waals surface area contributed by atoms with Crippen LogP contribution in [0.2, 0.25) is 0 Å². The Labute approximate surface area is 117 Å². The number of nitrogens with two attached hydrogens (primary N) is 1. The Hall–Kier alpha value is -1.33. The van der Waals surface area contributed by atoms with Crippen molar-refractivity contribution in [1.29, 1.82) is 0 Å². The molecule has 0 radical (unpaired) electrons. The second-order valence-electron chi connectivity index (χ2n) is 5.36. The van der Waals surface area contributed by atoms with Crippen molar-refractivity contribution in [3.8, 4) is 11.5 Å². The highest BCUT2D eigenvalue weighted by molar-refractivity contribution is 7.98. The van der Waals surface area contributed by atoms with Gasteiger partial charge in [-0.15, -0.1) is 0 Å². The fourth-order valence-electron chi connectivity index (χ4n) is 1.53. The van der Waals surface area contributed by atoms with Crippen LogP contribution in [0.25, 0.3) is 11.5 Å². The van der Waals surface area contributed by atoms with Crippen LogP contribution in [-0.2, 0) is 5.75 Å². The van der Waals surface area contributed by atoms with Crippen LogP contribution in [0.15, 0.2) is 28.8 Å². The molecular formula is C14H19N3OS. The van der Waals surface area contributed by atoms with E-state index in [1.165, 1.54) is 5.56 Å². The van der Waals surface area contributed by atoms with Gasteiger partial charge in [-0.25, -0.2) is 0 Å². The van der Waals surface area contributed by atoms with E-state index in [9.17, 15) is 0 Å². The third-order valence-electron chi connectivity index (χ3n) is 2.47. The van der Waals surface area contributed by atoms with Gasteiger partial charge in [0.25, 0.3) is 5.89 Å². The number of aryl methyl sites for hydroxylation is 1. The molecular weight excluding hydrogens is 258 g/mol. The molecule has 0 aliphatic carbocycles. The number of benzene rings is 1. The van der Waals surface area contributed by atoms with E-state index in [0.29, 0.717) is 11.7 Å². The van der Waals surface area contributed by atoms with Crippen molar-refractivity contribution in [2.75, 3.05) is 5.75 Å². The topological polar surface area (TPSA) is 64.9 Å². The van der Waals surface area contributed by atoms with Crippen LogP contribution in [0.4, 0.5) is 0 Å². The van der Waals surface area contributed by atoms with Gasteiger partial charge in [0.05, 0.1) is 5.75 Å². The van der Waals surface area contributed by atoms with Crippen LogP contribution < -0.4 is 5.73 Å². The first-order valence-corrected chi connectivity index (χ1v) is 7.36. The molecule has 0 aliphatic heterocycles. The molecule has 1 aromatic carbocycles. The summed E-state index contributed by atoms with van der Waals surface area (Å²) in [5.41, 5.74) is 7.92. The van der Waals surface area contributed by atoms with E-state index < -0.39 is 0 Å². The van der Waals surface area contributed by atoms with Gasteiger partial charge in [-0.05, 0) is 32.9 Å². The molecule has 0 aliphatic rings. The van der Waals surface area contributed by atoms with Crippen LogP contribution in [0, 0.1) is 6.92 Å². The zero-order chi connectivity index (χ0) is 13.9. The van der Waals surface area contributed by atoms with Gasteiger partial charge in [-0.1, -0.05) is 22.9 Å². The van der Waals surface area contributed by atoms with Gasteiger partial charge in [0.2, 0.25) is 0 Å². The summed E-state index contributed by atoms with van der Waals surface area (Å²) < 4.78 is 5.27. The Morgan fingerprint density at radius 3 is 2.58 bits per heavy atom. The fraction of sp³-hybridized carbons (Fsp3) is 0.429. The summed E-state index contributed by atoms with van der Waals surface area (Å²) in [6.45, 7) is 6.07. The van der Waals surface area contributed by atoms with Crippen molar-refractivity contribution in [1.82, 2.24) is 10.1 Å². The summed E-state index contributed by atoms with van der Waals surface area (Å²) in [5.74, 6) is 2.87. The van der Waals surface area contributed by atoms with E-state index in [2.05, 4.69) is 10.1 Å². The monoisotopic (exact) mass is 277 g/mol. The van der Waals surface area contributed by atoms with E-state index >= 15 is 0 Å². The number of aromatic nitrogens is 2. The maximum Gasteiger partial charge on any atom is 0.257 e. The lowest BCUT2D eigenvalue weighted by Gasteiger charge is -2.16. The SMILES string of the molecule is Cc1ccc(-c2nc(CSCC(C)(C)N)no2)cc1. The van der Waals surface area contributed by atoms with Gasteiger partial charge in [0.1, 0.15) is 0 Å². The van der Waals surface area contributed by atoms with Gasteiger partial charge >= 0.3 is 0 Å². The highest BCUT2D eigenvalue weighted by Gasteiger charge is 2.13. The summed E-state index contributed by atoms with van der Waals surface area (Å²) in [6.07, 6.45) is 0. The summed E-state index contributed by atoms with van der Waals surface area (Å²) in [4.78, 5) is 4.39. The molecule has 0 fully saturated rings. The van der Waals surface area contributed by atoms with Gasteiger partial charge in [-0.2, -0.15) is 16.7 Å². The number of hydrogen-bond donors (Lipinski definition) is 1. The number of hydrogen-bond acceptors (Lipinski definition) is 5. The van der Waals surface area contributed by atoms with Crippen molar-refractivity contribution >= 4 is 11.8 Å². The zero-order valence-electron chi connectivity index (χ0n) is 11.5. The third-order valence-corrected chi connectivity index (χ3v) is 3.88. The smallest absolute Gasteiger partial charge is 0.257 e. The van der Waals surface area contributed by atoms with Crippen LogP contribution >= 0.6 is 11.8 Å². The van der Waals surface area contributed by atoms with E-state index in [-0.39, 0.29) is 5.54 Å². The van der Waals surface area contributed by atoms with Crippen LogP contribution in [0.1, 0.15) is 25.2 Å². The molecule has 2 N–H and O–H groups in total. The minimum Gasteiger partial charge on any atom is -0.334 e. The minimum absolute atomic E-state index is 0.172. The van der Waals surface area contributed by atoms with Crippen molar-refractivity contribution < 1.29 is 4.52 Å². The predicted octanol–water partition coefficient (Wildman–Crippen LogP) is 3.02. The van der Waals surface area contributed by atoms with Crippen molar-refractivity contribution in [2.24, 2.45) is 5.73 Å². The second-order valence-corrected chi connectivity index (χ2v) is 6.35. The molecule has 102 valence electrons. The molecule has 0 spiro atoms. The van der Waals surface area contributed by atoms with E-state index in [4.69, 9.17) is 10.3 Å². The Morgan fingerprint density at radius 1 is 1.26 bits per heavy atom.